The van der Waals surface area contributed by atoms with Crippen LogP contribution in [0.2, 0.25) is 0 Å². The molecule has 26 heavy (non-hydrogen) atoms. The molecule has 0 aliphatic heterocycles. The third kappa shape index (κ3) is 5.94. The van der Waals surface area contributed by atoms with Crippen molar-refractivity contribution in [1.82, 2.24) is 0 Å². The molecule has 0 amide bonds. The van der Waals surface area contributed by atoms with Gasteiger partial charge in [-0.2, -0.15) is 0 Å². The average molecular weight is 360 g/mol. The molecule has 0 spiro atoms. The number of esters is 1. The Hall–Kier alpha value is -1.68. The molecule has 0 aromatic heterocycles. The van der Waals surface area contributed by atoms with E-state index >= 15 is 0 Å². The summed E-state index contributed by atoms with van der Waals surface area (Å²) in [4.78, 5) is 24.8. The Morgan fingerprint density at radius 3 is 2.50 bits per heavy atom. The topological polar surface area (TPSA) is 69.4 Å². The fraction of sp³-hybridized carbons (Fsp3) is 0.636. The third-order valence-corrected chi connectivity index (χ3v) is 5.59. The number of ketones is 1. The molecule has 4 heteroatoms. The number of rotatable bonds is 8. The normalized spacial score (nSPS) is 24.3. The summed E-state index contributed by atoms with van der Waals surface area (Å²) >= 11 is 0. The first-order valence-electron chi connectivity index (χ1n) is 9.86. The molecule has 2 rings (SSSR count). The van der Waals surface area contributed by atoms with Crippen molar-refractivity contribution >= 4 is 11.8 Å². The maximum Gasteiger partial charge on any atom is 0.310 e. The van der Waals surface area contributed by atoms with Crippen LogP contribution in [-0.4, -0.2) is 24.4 Å². The summed E-state index contributed by atoms with van der Waals surface area (Å²) in [5.74, 6) is 0.650. The zero-order chi connectivity index (χ0) is 19.1. The Bertz CT molecular complexity index is 584. The minimum absolute atomic E-state index is 0.0341. The van der Waals surface area contributed by atoms with Gasteiger partial charge < -0.3 is 10.5 Å². The molecule has 1 aromatic rings. The van der Waals surface area contributed by atoms with E-state index in [-0.39, 0.29) is 30.8 Å². The minimum Gasteiger partial charge on any atom is -0.462 e. The van der Waals surface area contributed by atoms with Crippen molar-refractivity contribution in [3.8, 4) is 0 Å². The second kappa shape index (κ2) is 9.86. The largest absolute Gasteiger partial charge is 0.462 e. The fourth-order valence-corrected chi connectivity index (χ4v) is 3.99. The first-order chi connectivity index (χ1) is 12.4. The van der Waals surface area contributed by atoms with Crippen LogP contribution in [0.1, 0.15) is 52.0 Å². The Kier molecular flexibility index (Phi) is 7.83. The van der Waals surface area contributed by atoms with Crippen LogP contribution in [0.15, 0.2) is 30.3 Å². The standard InChI is InChI=1S/C22H33NO3/c1-15(2)20-10-9-16(3)11-21(20)26-22(25)18(13-19(24)14-23)12-17-7-5-4-6-8-17/h4-8,15-16,18,20-21H,9-14,23H2,1-3H3/t16-,18?,20+,21-/m1/s1. The SMILES string of the molecule is CC(C)[C@@H]1CC[C@@H](C)C[C@H]1OC(=O)C(CC(=O)CN)Cc1ccccc1. The zero-order valence-electron chi connectivity index (χ0n) is 16.3. The lowest BCUT2D eigenvalue weighted by Crippen LogP contribution is -2.38. The predicted octanol–water partition coefficient (Wildman–Crippen LogP) is 3.77. The number of benzene rings is 1. The summed E-state index contributed by atoms with van der Waals surface area (Å²) in [5.41, 5.74) is 6.52. The van der Waals surface area contributed by atoms with Crippen LogP contribution in [0.4, 0.5) is 0 Å². The molecule has 0 saturated heterocycles. The number of nitrogens with two attached hydrogens (primary N) is 1. The molecule has 144 valence electrons. The zero-order valence-corrected chi connectivity index (χ0v) is 16.3. The van der Waals surface area contributed by atoms with E-state index in [1.807, 2.05) is 30.3 Å². The molecule has 1 fully saturated rings. The van der Waals surface area contributed by atoms with Crippen molar-refractivity contribution in [3.63, 3.8) is 0 Å². The van der Waals surface area contributed by atoms with E-state index in [4.69, 9.17) is 10.5 Å². The summed E-state index contributed by atoms with van der Waals surface area (Å²) in [6.07, 6.45) is 3.83. The van der Waals surface area contributed by atoms with Crippen molar-refractivity contribution in [3.05, 3.63) is 35.9 Å². The minimum atomic E-state index is -0.460. The first-order valence-corrected chi connectivity index (χ1v) is 9.86. The molecule has 1 saturated carbocycles. The van der Waals surface area contributed by atoms with Crippen LogP contribution in [-0.2, 0) is 20.7 Å². The van der Waals surface area contributed by atoms with Gasteiger partial charge in [0.15, 0.2) is 0 Å². The van der Waals surface area contributed by atoms with Gasteiger partial charge in [0.05, 0.1) is 12.5 Å². The first kappa shape index (κ1) is 20.6. The molecule has 1 unspecified atom stereocenters. The van der Waals surface area contributed by atoms with Crippen LogP contribution >= 0.6 is 0 Å². The summed E-state index contributed by atoms with van der Waals surface area (Å²) in [6, 6.07) is 9.79. The third-order valence-electron chi connectivity index (χ3n) is 5.59. The second-order valence-corrected chi connectivity index (χ2v) is 8.14. The fourth-order valence-electron chi connectivity index (χ4n) is 3.99. The maximum absolute atomic E-state index is 12.9. The molecule has 4 atom stereocenters. The Labute approximate surface area is 157 Å². The molecule has 1 aromatic carbocycles. The van der Waals surface area contributed by atoms with Crippen LogP contribution in [0, 0.1) is 23.7 Å². The average Bonchev–Trinajstić information content (AvgIpc) is 2.61. The second-order valence-electron chi connectivity index (χ2n) is 8.14. The highest BCUT2D eigenvalue weighted by Crippen LogP contribution is 2.36. The number of hydrogen-bond acceptors (Lipinski definition) is 4. The van der Waals surface area contributed by atoms with Crippen molar-refractivity contribution in [2.75, 3.05) is 6.54 Å². The number of Topliss-reactive ketones (excluding diaryl/α,β-unsaturated/α-hetero) is 1. The molecule has 0 radical (unpaired) electrons. The van der Waals surface area contributed by atoms with Gasteiger partial charge in [-0.3, -0.25) is 9.59 Å². The quantitative estimate of drug-likeness (QED) is 0.717. The summed E-state index contributed by atoms with van der Waals surface area (Å²) < 4.78 is 5.98. The molecular formula is C22H33NO3. The highest BCUT2D eigenvalue weighted by atomic mass is 16.5. The number of ether oxygens (including phenoxy) is 1. The Morgan fingerprint density at radius 1 is 1.19 bits per heavy atom. The highest BCUT2D eigenvalue weighted by Gasteiger charge is 2.35. The molecule has 0 heterocycles. The van der Waals surface area contributed by atoms with E-state index in [1.54, 1.807) is 0 Å². The molecule has 1 aliphatic rings. The smallest absolute Gasteiger partial charge is 0.310 e. The van der Waals surface area contributed by atoms with E-state index in [2.05, 4.69) is 20.8 Å². The van der Waals surface area contributed by atoms with Gasteiger partial charge in [0, 0.05) is 6.42 Å². The van der Waals surface area contributed by atoms with Gasteiger partial charge in [-0.15, -0.1) is 0 Å². The van der Waals surface area contributed by atoms with Gasteiger partial charge in [-0.05, 0) is 42.6 Å². The van der Waals surface area contributed by atoms with Crippen molar-refractivity contribution in [1.29, 1.82) is 0 Å². The highest BCUT2D eigenvalue weighted by molar-refractivity contribution is 5.85. The number of carbonyl (C=O) groups is 2. The Balaban J connectivity index is 2.09. The molecule has 2 N–H and O–H groups in total. The summed E-state index contributed by atoms with van der Waals surface area (Å²) in [5, 5.41) is 0. The lowest BCUT2D eigenvalue weighted by atomic mass is 9.75. The van der Waals surface area contributed by atoms with Crippen molar-refractivity contribution < 1.29 is 14.3 Å². The molecule has 4 nitrogen and oxygen atoms in total. The summed E-state index contributed by atoms with van der Waals surface area (Å²) in [6.45, 7) is 6.58. The van der Waals surface area contributed by atoms with E-state index in [9.17, 15) is 9.59 Å². The van der Waals surface area contributed by atoms with Crippen LogP contribution < -0.4 is 5.73 Å². The van der Waals surface area contributed by atoms with Crippen molar-refractivity contribution in [2.24, 2.45) is 29.4 Å². The van der Waals surface area contributed by atoms with Gasteiger partial charge in [0.25, 0.3) is 0 Å². The van der Waals surface area contributed by atoms with Gasteiger partial charge in [0.1, 0.15) is 11.9 Å². The van der Waals surface area contributed by atoms with Gasteiger partial charge in [-0.1, -0.05) is 57.5 Å². The van der Waals surface area contributed by atoms with Crippen molar-refractivity contribution in [2.45, 2.75) is 59.0 Å². The van der Waals surface area contributed by atoms with Gasteiger partial charge >= 0.3 is 5.97 Å². The van der Waals surface area contributed by atoms with Crippen LogP contribution in [0.3, 0.4) is 0 Å². The monoisotopic (exact) mass is 359 g/mol. The van der Waals surface area contributed by atoms with Gasteiger partial charge in [-0.25, -0.2) is 0 Å². The maximum atomic E-state index is 12.9. The number of carbonyl (C=O) groups excluding carboxylic acids is 2. The molecule has 1 aliphatic carbocycles. The van der Waals surface area contributed by atoms with E-state index < -0.39 is 5.92 Å². The predicted molar refractivity (Wildman–Crippen MR) is 104 cm³/mol. The lowest BCUT2D eigenvalue weighted by Gasteiger charge is -2.37. The molecule has 0 bridgehead atoms. The Morgan fingerprint density at radius 2 is 1.88 bits per heavy atom. The number of hydrogen-bond donors (Lipinski definition) is 1. The van der Waals surface area contributed by atoms with Crippen LogP contribution in [0.5, 0.6) is 0 Å². The van der Waals surface area contributed by atoms with Crippen LogP contribution in [0.25, 0.3) is 0 Å². The molecular weight excluding hydrogens is 326 g/mol. The van der Waals surface area contributed by atoms with E-state index in [1.165, 1.54) is 6.42 Å². The van der Waals surface area contributed by atoms with Gasteiger partial charge in [0.2, 0.25) is 0 Å². The summed E-state index contributed by atoms with van der Waals surface area (Å²) in [7, 11) is 0. The lowest BCUT2D eigenvalue weighted by molar-refractivity contribution is -0.162. The van der Waals surface area contributed by atoms with E-state index in [0.29, 0.717) is 24.2 Å². The van der Waals surface area contributed by atoms with E-state index in [0.717, 1.165) is 18.4 Å².